The summed E-state index contributed by atoms with van der Waals surface area (Å²) in [5.74, 6) is 0.0914. The Labute approximate surface area is 128 Å². The topological polar surface area (TPSA) is 49.8 Å². The fourth-order valence-electron chi connectivity index (χ4n) is 1.97. The molecule has 0 aliphatic carbocycles. The molecule has 0 saturated heterocycles. The molecule has 1 rings (SSSR count). The number of hydrogen-bond acceptors (Lipinski definition) is 3. The summed E-state index contributed by atoms with van der Waals surface area (Å²) < 4.78 is 6.29. The Bertz CT molecular complexity index is 449. The van der Waals surface area contributed by atoms with Crippen LogP contribution in [0.15, 0.2) is 22.7 Å². The van der Waals surface area contributed by atoms with Gasteiger partial charge in [-0.3, -0.25) is 9.69 Å². The minimum atomic E-state index is -0.740. The molecule has 20 heavy (non-hydrogen) atoms. The molecule has 0 aliphatic rings. The number of hydrogen-bond donors (Lipinski definition) is 1. The molecular formula is C15H22BrNO3. The molecule has 112 valence electrons. The molecule has 0 saturated carbocycles. The Kier molecular flexibility index (Phi) is 7.02. The summed E-state index contributed by atoms with van der Waals surface area (Å²) in [6.45, 7) is 5.78. The highest BCUT2D eigenvalue weighted by Crippen LogP contribution is 2.24. The number of aliphatic carboxylic acids is 1. The molecule has 0 aliphatic heterocycles. The van der Waals surface area contributed by atoms with Crippen LogP contribution in [0, 0.1) is 0 Å². The van der Waals surface area contributed by atoms with Gasteiger partial charge in [-0.05, 0) is 50.6 Å². The van der Waals surface area contributed by atoms with Gasteiger partial charge in [-0.25, -0.2) is 0 Å². The summed E-state index contributed by atoms with van der Waals surface area (Å²) in [4.78, 5) is 12.9. The summed E-state index contributed by atoms with van der Waals surface area (Å²) >= 11 is 3.55. The van der Waals surface area contributed by atoms with Gasteiger partial charge < -0.3 is 9.84 Å². The lowest BCUT2D eigenvalue weighted by atomic mass is 10.1. The molecule has 0 unspecified atom stereocenters. The number of ether oxygens (including phenoxy) is 1. The SMILES string of the molecule is COc1ccc(Br)c(CN(CCCC(=O)O)C(C)C)c1. The second-order valence-electron chi connectivity index (χ2n) is 5.02. The molecule has 0 spiro atoms. The van der Waals surface area contributed by atoms with Gasteiger partial charge in [0.1, 0.15) is 5.75 Å². The first-order valence-corrected chi connectivity index (χ1v) is 7.51. The van der Waals surface area contributed by atoms with E-state index in [-0.39, 0.29) is 6.42 Å². The van der Waals surface area contributed by atoms with Crippen LogP contribution in [-0.2, 0) is 11.3 Å². The molecule has 0 aromatic heterocycles. The predicted molar refractivity (Wildman–Crippen MR) is 83.1 cm³/mol. The van der Waals surface area contributed by atoms with Gasteiger partial charge in [0.15, 0.2) is 0 Å². The Balaban J connectivity index is 2.72. The Morgan fingerprint density at radius 2 is 2.15 bits per heavy atom. The van der Waals surface area contributed by atoms with Crippen LogP contribution >= 0.6 is 15.9 Å². The van der Waals surface area contributed by atoms with Crippen LogP contribution in [0.25, 0.3) is 0 Å². The third-order valence-corrected chi connectivity index (χ3v) is 3.97. The number of carboxylic acids is 1. The van der Waals surface area contributed by atoms with E-state index in [0.717, 1.165) is 28.9 Å². The van der Waals surface area contributed by atoms with E-state index in [9.17, 15) is 4.79 Å². The molecule has 5 heteroatoms. The maximum atomic E-state index is 10.6. The van der Waals surface area contributed by atoms with Gasteiger partial charge in [0, 0.05) is 23.5 Å². The van der Waals surface area contributed by atoms with Crippen molar-refractivity contribution in [2.75, 3.05) is 13.7 Å². The minimum absolute atomic E-state index is 0.211. The van der Waals surface area contributed by atoms with Crippen LogP contribution in [0.2, 0.25) is 0 Å². The summed E-state index contributed by atoms with van der Waals surface area (Å²) in [6.07, 6.45) is 0.873. The number of methoxy groups -OCH3 is 1. The molecule has 1 N–H and O–H groups in total. The van der Waals surface area contributed by atoms with E-state index in [2.05, 4.69) is 34.7 Å². The van der Waals surface area contributed by atoms with Crippen molar-refractivity contribution in [1.29, 1.82) is 0 Å². The van der Waals surface area contributed by atoms with Crippen molar-refractivity contribution in [2.24, 2.45) is 0 Å². The van der Waals surface area contributed by atoms with Crippen LogP contribution in [0.5, 0.6) is 5.75 Å². The maximum absolute atomic E-state index is 10.6. The van der Waals surface area contributed by atoms with Gasteiger partial charge in [-0.1, -0.05) is 15.9 Å². The van der Waals surface area contributed by atoms with Crippen molar-refractivity contribution in [1.82, 2.24) is 4.90 Å². The Morgan fingerprint density at radius 3 is 2.70 bits per heavy atom. The molecule has 1 aromatic carbocycles. The second-order valence-corrected chi connectivity index (χ2v) is 5.87. The van der Waals surface area contributed by atoms with Crippen molar-refractivity contribution in [3.8, 4) is 5.75 Å². The van der Waals surface area contributed by atoms with E-state index in [1.54, 1.807) is 7.11 Å². The van der Waals surface area contributed by atoms with Gasteiger partial charge in [0.05, 0.1) is 7.11 Å². The molecule has 1 aromatic rings. The quantitative estimate of drug-likeness (QED) is 0.784. The second kappa shape index (κ2) is 8.27. The van der Waals surface area contributed by atoms with E-state index in [4.69, 9.17) is 9.84 Å². The highest BCUT2D eigenvalue weighted by molar-refractivity contribution is 9.10. The van der Waals surface area contributed by atoms with Crippen LogP contribution in [0.4, 0.5) is 0 Å². The van der Waals surface area contributed by atoms with Crippen LogP contribution in [0.1, 0.15) is 32.3 Å². The smallest absolute Gasteiger partial charge is 0.303 e. The van der Waals surface area contributed by atoms with Crippen LogP contribution < -0.4 is 4.74 Å². The van der Waals surface area contributed by atoms with Gasteiger partial charge in [-0.2, -0.15) is 0 Å². The fraction of sp³-hybridized carbons (Fsp3) is 0.533. The third-order valence-electron chi connectivity index (χ3n) is 3.19. The van der Waals surface area contributed by atoms with Crippen molar-refractivity contribution < 1.29 is 14.6 Å². The maximum Gasteiger partial charge on any atom is 0.303 e. The zero-order valence-electron chi connectivity index (χ0n) is 12.2. The first-order valence-electron chi connectivity index (χ1n) is 6.72. The van der Waals surface area contributed by atoms with Crippen molar-refractivity contribution in [3.63, 3.8) is 0 Å². The third kappa shape index (κ3) is 5.51. The number of benzene rings is 1. The summed E-state index contributed by atoms with van der Waals surface area (Å²) in [5.41, 5.74) is 1.15. The minimum Gasteiger partial charge on any atom is -0.497 e. The average molecular weight is 344 g/mol. The summed E-state index contributed by atoms with van der Waals surface area (Å²) in [5, 5.41) is 8.72. The molecule has 0 bridgehead atoms. The normalized spacial score (nSPS) is 11.1. The number of carboxylic acid groups (broad SMARTS) is 1. The van der Waals surface area contributed by atoms with Crippen molar-refractivity contribution >= 4 is 21.9 Å². The molecule has 0 heterocycles. The molecular weight excluding hydrogens is 322 g/mol. The van der Waals surface area contributed by atoms with Gasteiger partial charge in [-0.15, -0.1) is 0 Å². The summed E-state index contributed by atoms with van der Waals surface area (Å²) in [7, 11) is 1.65. The molecule has 0 atom stereocenters. The highest BCUT2D eigenvalue weighted by Gasteiger charge is 2.13. The van der Waals surface area contributed by atoms with E-state index in [1.807, 2.05) is 18.2 Å². The summed E-state index contributed by atoms with van der Waals surface area (Å²) in [6, 6.07) is 6.26. The molecule has 0 fully saturated rings. The Hall–Kier alpha value is -1.07. The van der Waals surface area contributed by atoms with E-state index in [1.165, 1.54) is 0 Å². The first-order chi connectivity index (χ1) is 9.43. The molecule has 4 nitrogen and oxygen atoms in total. The number of carbonyl (C=O) groups is 1. The van der Waals surface area contributed by atoms with Crippen molar-refractivity contribution in [3.05, 3.63) is 28.2 Å². The van der Waals surface area contributed by atoms with Crippen LogP contribution in [-0.4, -0.2) is 35.7 Å². The lowest BCUT2D eigenvalue weighted by molar-refractivity contribution is -0.137. The lowest BCUT2D eigenvalue weighted by Crippen LogP contribution is -2.31. The van der Waals surface area contributed by atoms with Gasteiger partial charge in [0.25, 0.3) is 0 Å². The zero-order valence-corrected chi connectivity index (χ0v) is 13.8. The van der Waals surface area contributed by atoms with E-state index < -0.39 is 5.97 Å². The Morgan fingerprint density at radius 1 is 1.45 bits per heavy atom. The standard InChI is InChI=1S/C15H22BrNO3/c1-11(2)17(8-4-5-15(18)19)10-12-9-13(20-3)6-7-14(12)16/h6-7,9,11H,4-5,8,10H2,1-3H3,(H,18,19). The van der Waals surface area contributed by atoms with Crippen LogP contribution in [0.3, 0.4) is 0 Å². The zero-order chi connectivity index (χ0) is 15.1. The highest BCUT2D eigenvalue weighted by atomic mass is 79.9. The fourth-order valence-corrected chi connectivity index (χ4v) is 2.34. The largest absolute Gasteiger partial charge is 0.497 e. The average Bonchev–Trinajstić information content (AvgIpc) is 2.39. The number of nitrogens with zero attached hydrogens (tertiary/aromatic N) is 1. The van der Waals surface area contributed by atoms with E-state index in [0.29, 0.717) is 12.5 Å². The number of rotatable bonds is 8. The van der Waals surface area contributed by atoms with Gasteiger partial charge >= 0.3 is 5.97 Å². The first kappa shape index (κ1) is 17.0. The molecule has 0 amide bonds. The van der Waals surface area contributed by atoms with Gasteiger partial charge in [0.2, 0.25) is 0 Å². The van der Waals surface area contributed by atoms with E-state index >= 15 is 0 Å². The lowest BCUT2D eigenvalue weighted by Gasteiger charge is -2.27. The predicted octanol–water partition coefficient (Wildman–Crippen LogP) is 3.53. The van der Waals surface area contributed by atoms with Crippen molar-refractivity contribution in [2.45, 2.75) is 39.3 Å². The number of halogens is 1. The monoisotopic (exact) mass is 343 g/mol. The molecule has 0 radical (unpaired) electrons.